The zero-order chi connectivity index (χ0) is 15.0. The van der Waals surface area contributed by atoms with E-state index < -0.39 is 5.97 Å². The number of hydrogen-bond acceptors (Lipinski definition) is 2. The molecule has 2 aromatic heterocycles. The van der Waals surface area contributed by atoms with Gasteiger partial charge >= 0.3 is 5.97 Å². The van der Waals surface area contributed by atoms with E-state index in [4.69, 9.17) is 0 Å². The Hall–Kier alpha value is -2.21. The van der Waals surface area contributed by atoms with Crippen LogP contribution in [-0.4, -0.2) is 20.5 Å². The van der Waals surface area contributed by atoms with Gasteiger partial charge in [-0.25, -0.2) is 14.2 Å². The number of aromatic nitrogens is 2. The molecule has 0 saturated heterocycles. The summed E-state index contributed by atoms with van der Waals surface area (Å²) in [5.74, 6) is -0.791. The number of nitrogens with zero attached hydrogens (tertiary/aromatic N) is 2. The van der Waals surface area contributed by atoms with Crippen LogP contribution in [0.15, 0.2) is 47.1 Å². The molecule has 1 N–H and O–H groups in total. The van der Waals surface area contributed by atoms with E-state index in [1.54, 1.807) is 34.9 Å². The number of fused-ring (bicyclic) bond motifs is 1. The second-order valence-corrected chi connectivity index (χ2v) is 5.41. The van der Waals surface area contributed by atoms with Gasteiger partial charge in [-0.15, -0.1) is 0 Å². The zero-order valence-corrected chi connectivity index (χ0v) is 12.3. The monoisotopic (exact) mass is 348 g/mol. The maximum atomic E-state index is 12.9. The van der Waals surface area contributed by atoms with Crippen molar-refractivity contribution < 1.29 is 14.3 Å². The summed E-state index contributed by atoms with van der Waals surface area (Å²) >= 11 is 3.35. The Labute approximate surface area is 128 Å². The molecule has 0 amide bonds. The van der Waals surface area contributed by atoms with E-state index in [0.717, 1.165) is 5.56 Å². The first-order valence-corrected chi connectivity index (χ1v) is 6.99. The highest BCUT2D eigenvalue weighted by Gasteiger charge is 2.18. The molecule has 6 heteroatoms. The summed E-state index contributed by atoms with van der Waals surface area (Å²) in [7, 11) is 0. The van der Waals surface area contributed by atoms with E-state index in [1.165, 1.54) is 12.1 Å². The Morgan fingerprint density at radius 2 is 2.00 bits per heavy atom. The lowest BCUT2D eigenvalue weighted by molar-refractivity contribution is 0.0693. The van der Waals surface area contributed by atoms with E-state index in [9.17, 15) is 14.3 Å². The van der Waals surface area contributed by atoms with Gasteiger partial charge in [0, 0.05) is 17.1 Å². The van der Waals surface area contributed by atoms with Gasteiger partial charge in [-0.05, 0) is 45.8 Å². The molecule has 3 aromatic rings. The maximum Gasteiger partial charge on any atom is 0.356 e. The minimum atomic E-state index is -1.08. The number of rotatable bonds is 3. The quantitative estimate of drug-likeness (QED) is 0.787. The van der Waals surface area contributed by atoms with Crippen molar-refractivity contribution in [1.82, 2.24) is 9.38 Å². The van der Waals surface area contributed by atoms with Crippen molar-refractivity contribution in [3.63, 3.8) is 0 Å². The number of pyridine rings is 1. The largest absolute Gasteiger partial charge is 0.476 e. The van der Waals surface area contributed by atoms with Crippen LogP contribution in [0.3, 0.4) is 0 Å². The van der Waals surface area contributed by atoms with E-state index in [2.05, 4.69) is 20.9 Å². The van der Waals surface area contributed by atoms with Gasteiger partial charge in [0.1, 0.15) is 11.6 Å². The number of carbonyl (C=O) groups is 1. The molecule has 0 aliphatic carbocycles. The van der Waals surface area contributed by atoms with Gasteiger partial charge in [0.2, 0.25) is 0 Å². The van der Waals surface area contributed by atoms with Crippen molar-refractivity contribution in [3.8, 4) is 0 Å². The number of halogens is 2. The number of aromatic carboxylic acids is 1. The molecule has 0 aliphatic rings. The first-order valence-electron chi connectivity index (χ1n) is 6.19. The molecule has 0 saturated carbocycles. The van der Waals surface area contributed by atoms with Gasteiger partial charge in [0.15, 0.2) is 5.69 Å². The first-order chi connectivity index (χ1) is 10.1. The topological polar surface area (TPSA) is 54.6 Å². The standard InChI is InChI=1S/C15H10BrFN2O2/c16-11-2-1-7-19-12(18-13(14(11)19)15(20)21)8-9-3-5-10(17)6-4-9/h1-7H,8H2,(H,20,21). The fourth-order valence-corrected chi connectivity index (χ4v) is 2.75. The van der Waals surface area contributed by atoms with Gasteiger partial charge in [0.05, 0.1) is 5.52 Å². The van der Waals surface area contributed by atoms with Gasteiger partial charge in [-0.3, -0.25) is 0 Å². The van der Waals surface area contributed by atoms with Crippen LogP contribution in [-0.2, 0) is 6.42 Å². The lowest BCUT2D eigenvalue weighted by Crippen LogP contribution is -1.98. The predicted molar refractivity (Wildman–Crippen MR) is 79.1 cm³/mol. The first kappa shape index (κ1) is 13.8. The number of benzene rings is 1. The molecular formula is C15H10BrFN2O2. The third-order valence-electron chi connectivity index (χ3n) is 3.17. The maximum absolute atomic E-state index is 12.9. The van der Waals surface area contributed by atoms with Crippen molar-refractivity contribution >= 4 is 27.4 Å². The lowest BCUT2D eigenvalue weighted by atomic mass is 10.1. The fourth-order valence-electron chi connectivity index (χ4n) is 2.22. The highest BCUT2D eigenvalue weighted by atomic mass is 79.9. The minimum absolute atomic E-state index is 0.000383. The number of carboxylic acid groups (broad SMARTS) is 1. The molecule has 0 spiro atoms. The molecule has 0 aliphatic heterocycles. The Morgan fingerprint density at radius 3 is 2.67 bits per heavy atom. The summed E-state index contributed by atoms with van der Waals surface area (Å²) in [5, 5.41) is 9.28. The SMILES string of the molecule is O=C(O)c1nc(Cc2ccc(F)cc2)n2cccc(Br)c12. The van der Waals surface area contributed by atoms with Crippen molar-refractivity contribution in [3.05, 3.63) is 70.0 Å². The van der Waals surface area contributed by atoms with Crippen LogP contribution in [0.4, 0.5) is 4.39 Å². The molecular weight excluding hydrogens is 339 g/mol. The second kappa shape index (κ2) is 5.29. The van der Waals surface area contributed by atoms with Crippen LogP contribution in [0.2, 0.25) is 0 Å². The van der Waals surface area contributed by atoms with Crippen LogP contribution in [0.5, 0.6) is 0 Å². The predicted octanol–water partition coefficient (Wildman–Crippen LogP) is 3.52. The third-order valence-corrected chi connectivity index (χ3v) is 3.81. The number of imidazole rings is 1. The van der Waals surface area contributed by atoms with Gasteiger partial charge in [-0.1, -0.05) is 12.1 Å². The van der Waals surface area contributed by atoms with Crippen LogP contribution in [0.25, 0.3) is 5.52 Å². The normalized spacial score (nSPS) is 11.0. The fraction of sp³-hybridized carbons (Fsp3) is 0.0667. The van der Waals surface area contributed by atoms with E-state index in [-0.39, 0.29) is 11.5 Å². The van der Waals surface area contributed by atoms with Crippen LogP contribution < -0.4 is 0 Å². The Kier molecular flexibility index (Phi) is 3.47. The van der Waals surface area contributed by atoms with Crippen molar-refractivity contribution in [2.75, 3.05) is 0 Å². The number of hydrogen-bond donors (Lipinski definition) is 1. The Bertz CT molecular complexity index is 828. The molecule has 21 heavy (non-hydrogen) atoms. The average molecular weight is 349 g/mol. The Balaban J connectivity index is 2.12. The highest BCUT2D eigenvalue weighted by Crippen LogP contribution is 2.24. The molecule has 0 radical (unpaired) electrons. The molecule has 4 nitrogen and oxygen atoms in total. The smallest absolute Gasteiger partial charge is 0.356 e. The van der Waals surface area contributed by atoms with Gasteiger partial charge in [0.25, 0.3) is 0 Å². The van der Waals surface area contributed by atoms with Crippen molar-refractivity contribution in [2.24, 2.45) is 0 Å². The second-order valence-electron chi connectivity index (χ2n) is 4.56. The lowest BCUT2D eigenvalue weighted by Gasteiger charge is -2.02. The van der Waals surface area contributed by atoms with Crippen LogP contribution >= 0.6 is 15.9 Å². The Morgan fingerprint density at radius 1 is 1.29 bits per heavy atom. The third kappa shape index (κ3) is 2.54. The van der Waals surface area contributed by atoms with E-state index in [0.29, 0.717) is 22.2 Å². The molecule has 0 atom stereocenters. The summed E-state index contributed by atoms with van der Waals surface area (Å²) in [5.41, 5.74) is 1.38. The van der Waals surface area contributed by atoms with Gasteiger partial charge in [-0.2, -0.15) is 0 Å². The van der Waals surface area contributed by atoms with Crippen LogP contribution in [0, 0.1) is 5.82 Å². The summed E-state index contributed by atoms with van der Waals surface area (Å²) < 4.78 is 15.3. The van der Waals surface area contributed by atoms with E-state index >= 15 is 0 Å². The van der Waals surface area contributed by atoms with Crippen molar-refractivity contribution in [1.29, 1.82) is 0 Å². The zero-order valence-electron chi connectivity index (χ0n) is 10.8. The molecule has 3 rings (SSSR count). The summed E-state index contributed by atoms with van der Waals surface area (Å²) in [6.07, 6.45) is 2.18. The average Bonchev–Trinajstić information content (AvgIpc) is 2.82. The van der Waals surface area contributed by atoms with Crippen molar-refractivity contribution in [2.45, 2.75) is 6.42 Å². The molecule has 0 fully saturated rings. The summed E-state index contributed by atoms with van der Waals surface area (Å²) in [6.45, 7) is 0. The summed E-state index contributed by atoms with van der Waals surface area (Å²) in [6, 6.07) is 9.64. The van der Waals surface area contributed by atoms with E-state index in [1.807, 2.05) is 0 Å². The molecule has 2 heterocycles. The molecule has 0 bridgehead atoms. The highest BCUT2D eigenvalue weighted by molar-refractivity contribution is 9.10. The molecule has 0 unspecified atom stereocenters. The molecule has 1 aromatic carbocycles. The van der Waals surface area contributed by atoms with Gasteiger partial charge < -0.3 is 9.51 Å². The van der Waals surface area contributed by atoms with Crippen LogP contribution in [0.1, 0.15) is 21.9 Å². The number of carboxylic acids is 1. The summed E-state index contributed by atoms with van der Waals surface area (Å²) in [4.78, 5) is 15.5. The minimum Gasteiger partial charge on any atom is -0.476 e. The molecule has 106 valence electrons.